The molecule has 39 heavy (non-hydrogen) atoms. The van der Waals surface area contributed by atoms with Gasteiger partial charge in [-0.25, -0.2) is 13.2 Å². The molecule has 1 amide bonds. The zero-order chi connectivity index (χ0) is 28.0. The number of alkyl halides is 3. The Labute approximate surface area is 227 Å². The quantitative estimate of drug-likeness (QED) is 0.467. The SMILES string of the molecule is CCOC(=O)N1CCN(Cc2ccc(OCC3CCCN(S(=O)(=O)c4cccc(C(F)(F)F)c4)C3)cc2)CC1. The molecule has 1 unspecified atom stereocenters. The second kappa shape index (κ2) is 12.6. The molecule has 1 atom stereocenters. The lowest BCUT2D eigenvalue weighted by Gasteiger charge is -2.34. The van der Waals surface area contributed by atoms with E-state index < -0.39 is 21.8 Å². The summed E-state index contributed by atoms with van der Waals surface area (Å²) >= 11 is 0. The molecule has 12 heteroatoms. The van der Waals surface area contributed by atoms with Crippen molar-refractivity contribution in [1.82, 2.24) is 14.1 Å². The number of piperazine rings is 1. The molecule has 0 saturated carbocycles. The minimum absolute atomic E-state index is 0.0744. The fourth-order valence-electron chi connectivity index (χ4n) is 4.83. The number of amides is 1. The lowest BCUT2D eigenvalue weighted by Crippen LogP contribution is -2.48. The maximum Gasteiger partial charge on any atom is 0.416 e. The van der Waals surface area contributed by atoms with Crippen molar-refractivity contribution in [3.05, 3.63) is 59.7 Å². The molecule has 0 aliphatic carbocycles. The van der Waals surface area contributed by atoms with Crippen LogP contribution in [-0.4, -0.2) is 81.1 Å². The molecule has 214 valence electrons. The van der Waals surface area contributed by atoms with Crippen LogP contribution in [0.15, 0.2) is 53.4 Å². The number of sulfonamides is 1. The van der Waals surface area contributed by atoms with Gasteiger partial charge in [0, 0.05) is 51.7 Å². The fraction of sp³-hybridized carbons (Fsp3) is 0.519. The van der Waals surface area contributed by atoms with E-state index in [9.17, 15) is 26.4 Å². The van der Waals surface area contributed by atoms with Crippen LogP contribution in [0.2, 0.25) is 0 Å². The van der Waals surface area contributed by atoms with Gasteiger partial charge in [-0.3, -0.25) is 4.90 Å². The van der Waals surface area contributed by atoms with Gasteiger partial charge < -0.3 is 14.4 Å². The number of halogens is 3. The Balaban J connectivity index is 1.27. The Morgan fingerprint density at radius 3 is 2.41 bits per heavy atom. The lowest BCUT2D eigenvalue weighted by atomic mass is 10.0. The number of hydrogen-bond donors (Lipinski definition) is 0. The van der Waals surface area contributed by atoms with Gasteiger partial charge in [0.1, 0.15) is 5.75 Å². The van der Waals surface area contributed by atoms with Crippen molar-refractivity contribution in [2.24, 2.45) is 5.92 Å². The van der Waals surface area contributed by atoms with E-state index in [-0.39, 0.29) is 30.0 Å². The van der Waals surface area contributed by atoms with E-state index in [2.05, 4.69) is 4.90 Å². The number of benzene rings is 2. The van der Waals surface area contributed by atoms with Gasteiger partial charge >= 0.3 is 12.3 Å². The summed E-state index contributed by atoms with van der Waals surface area (Å²) in [5, 5.41) is 0. The van der Waals surface area contributed by atoms with E-state index in [1.54, 1.807) is 11.8 Å². The summed E-state index contributed by atoms with van der Waals surface area (Å²) < 4.78 is 77.6. The minimum Gasteiger partial charge on any atom is -0.493 e. The highest BCUT2D eigenvalue weighted by atomic mass is 32.2. The van der Waals surface area contributed by atoms with Crippen LogP contribution in [0.3, 0.4) is 0 Å². The number of nitrogens with zero attached hydrogens (tertiary/aromatic N) is 3. The fourth-order valence-corrected chi connectivity index (χ4v) is 6.43. The van der Waals surface area contributed by atoms with Crippen LogP contribution in [0, 0.1) is 5.92 Å². The number of ether oxygens (including phenoxy) is 2. The van der Waals surface area contributed by atoms with E-state index in [0.29, 0.717) is 44.5 Å². The van der Waals surface area contributed by atoms with Crippen LogP contribution < -0.4 is 4.74 Å². The topological polar surface area (TPSA) is 79.4 Å². The van der Waals surface area contributed by atoms with Gasteiger partial charge in [0.25, 0.3) is 0 Å². The lowest BCUT2D eigenvalue weighted by molar-refractivity contribution is -0.137. The number of carbonyl (C=O) groups is 1. The molecule has 2 aromatic rings. The van der Waals surface area contributed by atoms with E-state index >= 15 is 0 Å². The molecule has 0 radical (unpaired) electrons. The van der Waals surface area contributed by atoms with E-state index in [1.165, 1.54) is 10.4 Å². The first-order chi connectivity index (χ1) is 18.6. The maximum absolute atomic E-state index is 13.1. The molecule has 2 fully saturated rings. The normalized spacial score (nSPS) is 19.6. The largest absolute Gasteiger partial charge is 0.493 e. The van der Waals surface area contributed by atoms with Crippen molar-refractivity contribution in [3.63, 3.8) is 0 Å². The van der Waals surface area contributed by atoms with Gasteiger partial charge in [-0.1, -0.05) is 18.2 Å². The molecule has 0 bridgehead atoms. The van der Waals surface area contributed by atoms with E-state index in [0.717, 1.165) is 43.8 Å². The van der Waals surface area contributed by atoms with E-state index in [4.69, 9.17) is 9.47 Å². The Morgan fingerprint density at radius 1 is 1.03 bits per heavy atom. The predicted molar refractivity (Wildman–Crippen MR) is 139 cm³/mol. The maximum atomic E-state index is 13.1. The summed E-state index contributed by atoms with van der Waals surface area (Å²) in [7, 11) is -4.05. The molecule has 0 aromatic heterocycles. The molecule has 2 heterocycles. The van der Waals surface area contributed by atoms with Crippen LogP contribution in [-0.2, 0) is 27.5 Å². The van der Waals surface area contributed by atoms with Crippen LogP contribution in [0.25, 0.3) is 0 Å². The molecule has 2 aromatic carbocycles. The molecule has 0 N–H and O–H groups in total. The second-order valence-corrected chi connectivity index (χ2v) is 11.8. The van der Waals surface area contributed by atoms with Crippen molar-refractivity contribution < 1.29 is 35.9 Å². The number of carbonyl (C=O) groups excluding carboxylic acids is 1. The minimum atomic E-state index is -4.61. The van der Waals surface area contributed by atoms with Gasteiger partial charge in [0.2, 0.25) is 10.0 Å². The highest BCUT2D eigenvalue weighted by molar-refractivity contribution is 7.89. The molecule has 2 aliphatic heterocycles. The monoisotopic (exact) mass is 569 g/mol. The number of piperidine rings is 1. The average Bonchev–Trinajstić information content (AvgIpc) is 2.93. The van der Waals surface area contributed by atoms with Crippen LogP contribution in [0.5, 0.6) is 5.75 Å². The van der Waals surface area contributed by atoms with Gasteiger partial charge in [-0.05, 0) is 55.7 Å². The Bertz CT molecular complexity index is 1220. The summed E-state index contributed by atoms with van der Waals surface area (Å²) in [6.07, 6.45) is -3.51. The summed E-state index contributed by atoms with van der Waals surface area (Å²) in [5.74, 6) is 0.596. The standard InChI is InChI=1S/C27H34F3N3O5S/c1-2-37-26(34)32-15-13-31(14-16-32)18-21-8-10-24(11-9-21)38-20-22-5-4-12-33(19-22)39(35,36)25-7-3-6-23(17-25)27(28,29)30/h3,6-11,17,22H,2,4-5,12-16,18-20H2,1H3. The van der Waals surface area contributed by atoms with Gasteiger partial charge in [0.15, 0.2) is 0 Å². The van der Waals surface area contributed by atoms with Crippen molar-refractivity contribution in [2.45, 2.75) is 37.4 Å². The predicted octanol–water partition coefficient (Wildman–Crippen LogP) is 4.46. The van der Waals surface area contributed by atoms with Crippen molar-refractivity contribution in [2.75, 3.05) is 52.5 Å². The van der Waals surface area contributed by atoms with Crippen molar-refractivity contribution in [3.8, 4) is 5.75 Å². The van der Waals surface area contributed by atoms with Crippen LogP contribution in [0.1, 0.15) is 30.9 Å². The summed E-state index contributed by atoms with van der Waals surface area (Å²) in [6, 6.07) is 11.6. The second-order valence-electron chi connectivity index (χ2n) is 9.81. The first-order valence-corrected chi connectivity index (χ1v) is 14.5. The molecule has 2 aliphatic rings. The summed E-state index contributed by atoms with van der Waals surface area (Å²) in [5.41, 5.74) is 0.130. The third-order valence-corrected chi connectivity index (χ3v) is 8.86. The Morgan fingerprint density at radius 2 is 1.74 bits per heavy atom. The highest BCUT2D eigenvalue weighted by Crippen LogP contribution is 2.32. The van der Waals surface area contributed by atoms with Crippen molar-refractivity contribution >= 4 is 16.1 Å². The molecule has 4 rings (SSSR count). The number of hydrogen-bond acceptors (Lipinski definition) is 6. The third-order valence-electron chi connectivity index (χ3n) is 6.99. The van der Waals surface area contributed by atoms with Gasteiger partial charge in [-0.2, -0.15) is 17.5 Å². The zero-order valence-corrected chi connectivity index (χ0v) is 22.7. The smallest absolute Gasteiger partial charge is 0.416 e. The van der Waals surface area contributed by atoms with Gasteiger partial charge in [-0.15, -0.1) is 0 Å². The molecular weight excluding hydrogens is 535 g/mol. The average molecular weight is 570 g/mol. The molecule has 2 saturated heterocycles. The van der Waals surface area contributed by atoms with Crippen LogP contribution in [0.4, 0.5) is 18.0 Å². The summed E-state index contributed by atoms with van der Waals surface area (Å²) in [6.45, 7) is 6.45. The zero-order valence-electron chi connectivity index (χ0n) is 21.9. The Hall–Kier alpha value is -2.83. The van der Waals surface area contributed by atoms with Crippen LogP contribution >= 0.6 is 0 Å². The molecular formula is C27H34F3N3O5S. The molecule has 0 spiro atoms. The number of rotatable bonds is 8. The first-order valence-electron chi connectivity index (χ1n) is 13.1. The molecule has 8 nitrogen and oxygen atoms in total. The first kappa shape index (κ1) is 29.2. The highest BCUT2D eigenvalue weighted by Gasteiger charge is 2.34. The summed E-state index contributed by atoms with van der Waals surface area (Å²) in [4.78, 5) is 15.5. The van der Waals surface area contributed by atoms with Gasteiger partial charge in [0.05, 0.1) is 23.7 Å². The Kier molecular flexibility index (Phi) is 9.39. The van der Waals surface area contributed by atoms with E-state index in [1.807, 2.05) is 24.3 Å². The third kappa shape index (κ3) is 7.64. The van der Waals surface area contributed by atoms with Crippen molar-refractivity contribution in [1.29, 1.82) is 0 Å².